The van der Waals surface area contributed by atoms with Gasteiger partial charge in [0.1, 0.15) is 11.5 Å². The number of carboxylic acids is 1. The molecular formula is C10H16O4. The van der Waals surface area contributed by atoms with Crippen molar-refractivity contribution >= 4 is 11.9 Å². The Kier molecular flexibility index (Phi) is 2.34. The van der Waals surface area contributed by atoms with Crippen molar-refractivity contribution in [3.63, 3.8) is 0 Å². The van der Waals surface area contributed by atoms with Crippen LogP contribution in [0.1, 0.15) is 34.1 Å². The smallest absolute Gasteiger partial charge is 0.313 e. The van der Waals surface area contributed by atoms with E-state index in [0.717, 1.165) is 0 Å². The van der Waals surface area contributed by atoms with Crippen molar-refractivity contribution in [1.29, 1.82) is 0 Å². The third-order valence-electron chi connectivity index (χ3n) is 3.42. The van der Waals surface area contributed by atoms with E-state index in [2.05, 4.69) is 0 Å². The van der Waals surface area contributed by atoms with Crippen LogP contribution < -0.4 is 0 Å². The van der Waals surface area contributed by atoms with Crippen LogP contribution in [0.2, 0.25) is 0 Å². The molecule has 0 heterocycles. The van der Waals surface area contributed by atoms with E-state index < -0.39 is 22.9 Å². The first kappa shape index (κ1) is 11.0. The Balaban J connectivity index is 2.76. The van der Waals surface area contributed by atoms with Crippen LogP contribution in [0, 0.1) is 10.8 Å². The number of ether oxygens (including phenoxy) is 1. The molecule has 1 fully saturated rings. The number of carbonyl (C=O) groups excluding carboxylic acids is 1. The van der Waals surface area contributed by atoms with Gasteiger partial charge in [-0.2, -0.15) is 0 Å². The molecule has 0 aromatic rings. The second-order valence-electron chi connectivity index (χ2n) is 4.45. The third kappa shape index (κ3) is 1.21. The van der Waals surface area contributed by atoms with E-state index in [9.17, 15) is 9.59 Å². The first-order valence-electron chi connectivity index (χ1n) is 4.71. The fourth-order valence-electron chi connectivity index (χ4n) is 1.79. The van der Waals surface area contributed by atoms with Gasteiger partial charge in [-0.3, -0.25) is 9.59 Å². The van der Waals surface area contributed by atoms with Gasteiger partial charge in [-0.05, 0) is 6.92 Å². The Hall–Kier alpha value is -1.06. The van der Waals surface area contributed by atoms with E-state index >= 15 is 0 Å². The fraction of sp³-hybridized carbons (Fsp3) is 0.800. The lowest BCUT2D eigenvalue weighted by molar-refractivity contribution is -0.150. The van der Waals surface area contributed by atoms with Crippen molar-refractivity contribution in [1.82, 2.24) is 0 Å². The Morgan fingerprint density at radius 1 is 1.36 bits per heavy atom. The van der Waals surface area contributed by atoms with Crippen LogP contribution in [0.25, 0.3) is 0 Å². The Labute approximate surface area is 83.2 Å². The molecule has 1 rings (SSSR count). The number of rotatable bonds is 3. The topological polar surface area (TPSA) is 63.6 Å². The van der Waals surface area contributed by atoms with Gasteiger partial charge in [0.15, 0.2) is 0 Å². The third-order valence-corrected chi connectivity index (χ3v) is 3.42. The molecule has 4 heteroatoms. The summed E-state index contributed by atoms with van der Waals surface area (Å²) in [5.41, 5.74) is -1.40. The molecule has 14 heavy (non-hydrogen) atoms. The lowest BCUT2D eigenvalue weighted by atomic mass is 9.99. The highest BCUT2D eigenvalue weighted by atomic mass is 16.6. The molecule has 2 unspecified atom stereocenters. The van der Waals surface area contributed by atoms with E-state index in [1.807, 2.05) is 0 Å². The Morgan fingerprint density at radius 2 is 1.86 bits per heavy atom. The van der Waals surface area contributed by atoms with Crippen molar-refractivity contribution in [3.8, 4) is 0 Å². The predicted molar refractivity (Wildman–Crippen MR) is 49.7 cm³/mol. The zero-order chi connectivity index (χ0) is 11.1. The average molecular weight is 200 g/mol. The molecule has 0 bridgehead atoms. The molecular weight excluding hydrogens is 184 g/mol. The molecule has 0 aromatic heterocycles. The zero-order valence-corrected chi connectivity index (χ0v) is 8.96. The highest BCUT2D eigenvalue weighted by molar-refractivity contribution is 5.82. The molecule has 1 aliphatic rings. The molecule has 1 N–H and O–H groups in total. The van der Waals surface area contributed by atoms with Crippen LogP contribution in [0.15, 0.2) is 0 Å². The highest BCUT2D eigenvalue weighted by Gasteiger charge is 2.75. The summed E-state index contributed by atoms with van der Waals surface area (Å²) in [6.07, 6.45) is -0.220. The van der Waals surface area contributed by atoms with Gasteiger partial charge in [-0.1, -0.05) is 20.8 Å². The summed E-state index contributed by atoms with van der Waals surface area (Å²) >= 11 is 0. The lowest BCUT2D eigenvalue weighted by Crippen LogP contribution is -2.19. The van der Waals surface area contributed by atoms with Crippen molar-refractivity contribution in [2.24, 2.45) is 10.8 Å². The largest absolute Gasteiger partial charge is 0.481 e. The van der Waals surface area contributed by atoms with Gasteiger partial charge in [0, 0.05) is 11.8 Å². The van der Waals surface area contributed by atoms with Crippen LogP contribution >= 0.6 is 0 Å². The number of hydrogen-bond donors (Lipinski definition) is 1. The minimum Gasteiger partial charge on any atom is -0.481 e. The average Bonchev–Trinajstić information content (AvgIpc) is 2.51. The van der Waals surface area contributed by atoms with Gasteiger partial charge >= 0.3 is 11.9 Å². The molecule has 0 saturated heterocycles. The van der Waals surface area contributed by atoms with Gasteiger partial charge < -0.3 is 9.84 Å². The second-order valence-corrected chi connectivity index (χ2v) is 4.45. The molecule has 0 aliphatic heterocycles. The predicted octanol–water partition coefficient (Wildman–Crippen LogP) is 1.44. The summed E-state index contributed by atoms with van der Waals surface area (Å²) in [7, 11) is 0. The Morgan fingerprint density at radius 3 is 2.14 bits per heavy atom. The van der Waals surface area contributed by atoms with Crippen LogP contribution in [0.4, 0.5) is 0 Å². The maximum atomic E-state index is 11.0. The highest BCUT2D eigenvalue weighted by Crippen LogP contribution is 2.65. The first-order valence-corrected chi connectivity index (χ1v) is 4.71. The maximum Gasteiger partial charge on any atom is 0.313 e. The van der Waals surface area contributed by atoms with E-state index in [0.29, 0.717) is 0 Å². The van der Waals surface area contributed by atoms with Crippen LogP contribution in [0.3, 0.4) is 0 Å². The van der Waals surface area contributed by atoms with Crippen molar-refractivity contribution < 1.29 is 19.4 Å². The lowest BCUT2D eigenvalue weighted by Gasteiger charge is -2.05. The molecule has 0 amide bonds. The zero-order valence-electron chi connectivity index (χ0n) is 8.96. The molecule has 2 atom stereocenters. The van der Waals surface area contributed by atoms with Gasteiger partial charge in [-0.15, -0.1) is 0 Å². The molecule has 1 aliphatic carbocycles. The van der Waals surface area contributed by atoms with Crippen LogP contribution in [-0.4, -0.2) is 23.1 Å². The summed E-state index contributed by atoms with van der Waals surface area (Å²) in [4.78, 5) is 22.0. The van der Waals surface area contributed by atoms with E-state index in [-0.39, 0.29) is 12.4 Å². The fourth-order valence-corrected chi connectivity index (χ4v) is 1.79. The summed E-state index contributed by atoms with van der Waals surface area (Å²) in [6, 6.07) is 0. The van der Waals surface area contributed by atoms with Gasteiger partial charge in [0.25, 0.3) is 0 Å². The number of hydrogen-bond acceptors (Lipinski definition) is 3. The quantitative estimate of drug-likeness (QED) is 0.700. The van der Waals surface area contributed by atoms with Crippen LogP contribution in [0.5, 0.6) is 0 Å². The summed E-state index contributed by atoms with van der Waals surface area (Å²) in [5, 5.41) is 9.01. The minimum absolute atomic E-state index is 0.280. The maximum absolute atomic E-state index is 11.0. The Bertz CT molecular complexity index is 282. The molecule has 0 spiro atoms. The number of carboxylic acid groups (broad SMARTS) is 1. The van der Waals surface area contributed by atoms with Gasteiger partial charge in [0.2, 0.25) is 0 Å². The van der Waals surface area contributed by atoms with Crippen molar-refractivity contribution in [3.05, 3.63) is 0 Å². The summed E-state index contributed by atoms with van der Waals surface area (Å²) in [6.45, 7) is 6.90. The molecule has 4 nitrogen and oxygen atoms in total. The first-order chi connectivity index (χ1) is 6.28. The summed E-state index contributed by atoms with van der Waals surface area (Å²) < 4.78 is 5.08. The normalized spacial score (nSPS) is 33.6. The molecule has 80 valence electrons. The number of aliphatic carboxylic acids is 1. The van der Waals surface area contributed by atoms with E-state index in [1.54, 1.807) is 27.7 Å². The second kappa shape index (κ2) is 2.97. The summed E-state index contributed by atoms with van der Waals surface area (Å²) in [5.74, 6) is -1.25. The minimum atomic E-state index is -0.933. The number of carbonyl (C=O) groups is 2. The van der Waals surface area contributed by atoms with E-state index in [1.165, 1.54) is 0 Å². The van der Waals surface area contributed by atoms with Crippen LogP contribution in [-0.2, 0) is 14.3 Å². The number of esters is 1. The molecule has 0 aromatic carbocycles. The van der Waals surface area contributed by atoms with E-state index in [4.69, 9.17) is 9.84 Å². The van der Waals surface area contributed by atoms with Crippen molar-refractivity contribution in [2.45, 2.75) is 40.2 Å². The molecule has 0 radical (unpaired) electrons. The SMILES string of the molecule is CCC(=O)OC1C(C)(C)C1(C)C(=O)O. The van der Waals surface area contributed by atoms with Gasteiger partial charge in [-0.25, -0.2) is 0 Å². The monoisotopic (exact) mass is 200 g/mol. The molecule has 1 saturated carbocycles. The van der Waals surface area contributed by atoms with Crippen molar-refractivity contribution in [2.75, 3.05) is 0 Å². The van der Waals surface area contributed by atoms with Gasteiger partial charge in [0.05, 0.1) is 0 Å². The standard InChI is InChI=1S/C10H16O4/c1-5-6(11)14-7-9(2,3)10(7,4)8(12)13/h7H,5H2,1-4H3,(H,12,13).